The van der Waals surface area contributed by atoms with Gasteiger partial charge in [-0.1, -0.05) is 48.5 Å². The first kappa shape index (κ1) is 29.3. The highest BCUT2D eigenvalue weighted by atomic mass is 16.5. The molecule has 40 heavy (non-hydrogen) atoms. The molecule has 0 N–H and O–H groups in total. The molecule has 1 atom stereocenters. The highest BCUT2D eigenvalue weighted by molar-refractivity contribution is 5.79. The standard InChI is InChI=1S/C31H41N5O4/c1-5-34(6-2)30(38)23-40-27-19-33(22-29(37)35(20-27)18-17-25-13-9-7-10-14-25)21-28-24(3)32(4)36(31(28)39)26-15-11-8-12-16-26/h7-16,27H,5-6,17-23H2,1-4H3/t27-/m1/s1. The molecule has 0 unspecified atom stereocenters. The average Bonchev–Trinajstić information content (AvgIpc) is 3.08. The molecule has 1 saturated heterocycles. The lowest BCUT2D eigenvalue weighted by Crippen LogP contribution is -2.41. The third-order valence-corrected chi connectivity index (χ3v) is 7.72. The van der Waals surface area contributed by atoms with Crippen LogP contribution >= 0.6 is 0 Å². The normalized spacial score (nSPS) is 16.2. The number of carbonyl (C=O) groups excluding carboxylic acids is 2. The summed E-state index contributed by atoms with van der Waals surface area (Å²) in [6, 6.07) is 19.6. The van der Waals surface area contributed by atoms with Crippen LogP contribution in [0.2, 0.25) is 0 Å². The van der Waals surface area contributed by atoms with Gasteiger partial charge in [0.2, 0.25) is 11.8 Å². The summed E-state index contributed by atoms with van der Waals surface area (Å²) in [5, 5.41) is 0. The predicted molar refractivity (Wildman–Crippen MR) is 155 cm³/mol. The van der Waals surface area contributed by atoms with E-state index in [4.69, 9.17) is 4.74 Å². The zero-order valence-corrected chi connectivity index (χ0v) is 24.1. The number of hydrogen-bond donors (Lipinski definition) is 0. The molecule has 2 amide bonds. The van der Waals surface area contributed by atoms with Gasteiger partial charge in [-0.15, -0.1) is 0 Å². The summed E-state index contributed by atoms with van der Waals surface area (Å²) in [4.78, 5) is 45.2. The van der Waals surface area contributed by atoms with Gasteiger partial charge in [-0.25, -0.2) is 4.68 Å². The minimum absolute atomic E-state index is 0.00549. The number of likely N-dealkylation sites (N-methyl/N-ethyl adjacent to an activating group) is 1. The first-order valence-electron chi connectivity index (χ1n) is 14.1. The molecule has 0 radical (unpaired) electrons. The van der Waals surface area contributed by atoms with E-state index in [0.717, 1.165) is 23.4 Å². The molecule has 0 bridgehead atoms. The first-order valence-corrected chi connectivity index (χ1v) is 14.1. The fraction of sp³-hybridized carbons (Fsp3) is 0.452. The topological polar surface area (TPSA) is 80.0 Å². The Morgan fingerprint density at radius 3 is 2.27 bits per heavy atom. The van der Waals surface area contributed by atoms with Crippen molar-refractivity contribution in [2.45, 2.75) is 39.8 Å². The summed E-state index contributed by atoms with van der Waals surface area (Å²) in [5.41, 5.74) is 3.35. The molecule has 2 aromatic carbocycles. The summed E-state index contributed by atoms with van der Waals surface area (Å²) >= 11 is 0. The van der Waals surface area contributed by atoms with Gasteiger partial charge in [0.1, 0.15) is 6.61 Å². The van der Waals surface area contributed by atoms with E-state index in [-0.39, 0.29) is 36.6 Å². The van der Waals surface area contributed by atoms with Crippen LogP contribution in [0.5, 0.6) is 0 Å². The van der Waals surface area contributed by atoms with Gasteiger partial charge in [0, 0.05) is 52.0 Å². The first-order chi connectivity index (χ1) is 19.3. The number of amides is 2. The lowest BCUT2D eigenvalue weighted by molar-refractivity contribution is -0.138. The number of para-hydroxylation sites is 1. The van der Waals surface area contributed by atoms with Gasteiger partial charge < -0.3 is 14.5 Å². The Morgan fingerprint density at radius 1 is 0.975 bits per heavy atom. The zero-order valence-electron chi connectivity index (χ0n) is 24.1. The Kier molecular flexibility index (Phi) is 9.95. The second-order valence-electron chi connectivity index (χ2n) is 10.3. The molecule has 1 fully saturated rings. The van der Waals surface area contributed by atoms with Crippen LogP contribution in [-0.4, -0.2) is 87.9 Å². The van der Waals surface area contributed by atoms with E-state index in [1.165, 1.54) is 0 Å². The van der Waals surface area contributed by atoms with Crippen molar-refractivity contribution in [3.63, 3.8) is 0 Å². The van der Waals surface area contributed by atoms with Gasteiger partial charge in [-0.2, -0.15) is 0 Å². The molecule has 9 heteroatoms. The van der Waals surface area contributed by atoms with Crippen LogP contribution in [0, 0.1) is 6.92 Å². The molecule has 4 rings (SSSR count). The van der Waals surface area contributed by atoms with E-state index in [1.807, 2.05) is 90.8 Å². The zero-order chi connectivity index (χ0) is 28.6. The number of aromatic nitrogens is 2. The van der Waals surface area contributed by atoms with Crippen LogP contribution in [0.25, 0.3) is 5.69 Å². The van der Waals surface area contributed by atoms with Gasteiger partial charge >= 0.3 is 0 Å². The Morgan fingerprint density at radius 2 is 1.62 bits per heavy atom. The number of nitrogens with zero attached hydrogens (tertiary/aromatic N) is 5. The van der Waals surface area contributed by atoms with Crippen molar-refractivity contribution in [2.24, 2.45) is 7.05 Å². The van der Waals surface area contributed by atoms with Gasteiger partial charge in [-0.05, 0) is 44.9 Å². The number of benzene rings is 2. The molecule has 0 aliphatic carbocycles. The Labute approximate surface area is 236 Å². The van der Waals surface area contributed by atoms with E-state index >= 15 is 0 Å². The summed E-state index contributed by atoms with van der Waals surface area (Å²) in [5.74, 6) is -0.0679. The molecule has 9 nitrogen and oxygen atoms in total. The maximum absolute atomic E-state index is 13.6. The van der Waals surface area contributed by atoms with Crippen molar-refractivity contribution in [3.8, 4) is 5.69 Å². The van der Waals surface area contributed by atoms with Crippen LogP contribution in [0.3, 0.4) is 0 Å². The quantitative estimate of drug-likeness (QED) is 0.369. The molecule has 0 spiro atoms. The SMILES string of the molecule is CCN(CC)C(=O)CO[C@@H]1CN(Cc2c(C)n(C)n(-c3ccccc3)c2=O)CC(=O)N(CCc2ccccc2)C1. The maximum Gasteiger partial charge on any atom is 0.276 e. The summed E-state index contributed by atoms with van der Waals surface area (Å²) in [6.07, 6.45) is 0.374. The molecule has 1 aromatic heterocycles. The predicted octanol–water partition coefficient (Wildman–Crippen LogP) is 2.62. The number of ether oxygens (including phenoxy) is 1. The second-order valence-corrected chi connectivity index (χ2v) is 10.3. The largest absolute Gasteiger partial charge is 0.365 e. The Hall–Kier alpha value is -3.69. The smallest absolute Gasteiger partial charge is 0.276 e. The van der Waals surface area contributed by atoms with Crippen molar-refractivity contribution in [1.82, 2.24) is 24.1 Å². The second kappa shape index (κ2) is 13.6. The molecular weight excluding hydrogens is 506 g/mol. The van der Waals surface area contributed by atoms with Crippen molar-refractivity contribution < 1.29 is 14.3 Å². The molecule has 1 aliphatic rings. The van der Waals surface area contributed by atoms with Gasteiger partial charge in [0.05, 0.1) is 23.9 Å². The number of rotatable bonds is 11. The van der Waals surface area contributed by atoms with Crippen molar-refractivity contribution >= 4 is 11.8 Å². The summed E-state index contributed by atoms with van der Waals surface area (Å²) < 4.78 is 9.67. The number of hydrogen-bond acceptors (Lipinski definition) is 5. The Bertz CT molecular complexity index is 1330. The van der Waals surface area contributed by atoms with E-state index in [2.05, 4.69) is 12.1 Å². The highest BCUT2D eigenvalue weighted by Gasteiger charge is 2.30. The van der Waals surface area contributed by atoms with Gasteiger partial charge in [-0.3, -0.25) is 24.0 Å². The fourth-order valence-electron chi connectivity index (χ4n) is 5.29. The van der Waals surface area contributed by atoms with Crippen LogP contribution < -0.4 is 5.56 Å². The molecule has 1 aliphatic heterocycles. The van der Waals surface area contributed by atoms with E-state index in [9.17, 15) is 14.4 Å². The maximum atomic E-state index is 13.6. The number of carbonyl (C=O) groups is 2. The molecule has 3 aromatic rings. The third-order valence-electron chi connectivity index (χ3n) is 7.72. The summed E-state index contributed by atoms with van der Waals surface area (Å²) in [6.45, 7) is 8.94. The molecule has 0 saturated carbocycles. The summed E-state index contributed by atoms with van der Waals surface area (Å²) in [7, 11) is 1.87. The molecular formula is C31H41N5O4. The third kappa shape index (κ3) is 6.89. The minimum atomic E-state index is -0.359. The minimum Gasteiger partial charge on any atom is -0.365 e. The van der Waals surface area contributed by atoms with Crippen molar-refractivity contribution in [1.29, 1.82) is 0 Å². The monoisotopic (exact) mass is 547 g/mol. The van der Waals surface area contributed by atoms with Crippen LogP contribution in [0.4, 0.5) is 0 Å². The van der Waals surface area contributed by atoms with Crippen molar-refractivity contribution in [2.75, 3.05) is 45.9 Å². The van der Waals surface area contributed by atoms with E-state index < -0.39 is 0 Å². The van der Waals surface area contributed by atoms with E-state index in [1.54, 1.807) is 9.58 Å². The fourth-order valence-corrected chi connectivity index (χ4v) is 5.29. The van der Waals surface area contributed by atoms with Crippen LogP contribution in [-0.2, 0) is 34.3 Å². The lowest BCUT2D eigenvalue weighted by atomic mass is 10.1. The Balaban J connectivity index is 1.55. The van der Waals surface area contributed by atoms with Gasteiger partial charge in [0.25, 0.3) is 5.56 Å². The van der Waals surface area contributed by atoms with E-state index in [0.29, 0.717) is 44.8 Å². The van der Waals surface area contributed by atoms with Gasteiger partial charge in [0.15, 0.2) is 0 Å². The molecule has 2 heterocycles. The average molecular weight is 548 g/mol. The van der Waals surface area contributed by atoms with Crippen LogP contribution in [0.1, 0.15) is 30.7 Å². The van der Waals surface area contributed by atoms with Crippen LogP contribution in [0.15, 0.2) is 65.5 Å². The van der Waals surface area contributed by atoms with Crippen molar-refractivity contribution in [3.05, 3.63) is 87.8 Å². The highest BCUT2D eigenvalue weighted by Crippen LogP contribution is 2.16. The molecule has 214 valence electrons. The lowest BCUT2D eigenvalue weighted by Gasteiger charge is -2.26.